The summed E-state index contributed by atoms with van der Waals surface area (Å²) in [7, 11) is 1.46. The van der Waals surface area contributed by atoms with E-state index in [0.717, 1.165) is 5.57 Å². The highest BCUT2D eigenvalue weighted by molar-refractivity contribution is 5.97. The average Bonchev–Trinajstić information content (AvgIpc) is 2.57. The van der Waals surface area contributed by atoms with E-state index >= 15 is 0 Å². The Bertz CT molecular complexity index is 871. The van der Waals surface area contributed by atoms with Gasteiger partial charge in [0.2, 0.25) is 0 Å². The molecule has 0 atom stereocenters. The number of hydrogen-bond acceptors (Lipinski definition) is 5. The minimum Gasteiger partial charge on any atom is -0.508 e. The first-order chi connectivity index (χ1) is 12.3. The molecule has 0 fully saturated rings. The number of rotatable bonds is 7. The number of pyridine rings is 1. The molecule has 1 aromatic heterocycles. The third-order valence-corrected chi connectivity index (χ3v) is 3.83. The standard InChI is InChI=1S/C20H21NO5/c1-12(2)4-7-16-17(26-3)10-13(18(19(16)23)20(24)25)5-6-14-11-15(22)8-9-21-14/h5-6,8-11,23H,1,4,7H2,2-3H3,(H,21,22)(H,24,25)/b6-5+. The van der Waals surface area contributed by atoms with Gasteiger partial charge in [-0.2, -0.15) is 0 Å². The lowest BCUT2D eigenvalue weighted by Crippen LogP contribution is -2.05. The molecule has 6 heteroatoms. The largest absolute Gasteiger partial charge is 0.508 e. The van der Waals surface area contributed by atoms with Crippen molar-refractivity contribution in [1.82, 2.24) is 4.98 Å². The summed E-state index contributed by atoms with van der Waals surface area (Å²) in [5.41, 5.74) is 1.86. The summed E-state index contributed by atoms with van der Waals surface area (Å²) in [4.78, 5) is 15.8. The molecule has 0 spiro atoms. The number of phenols is 1. The molecule has 1 aromatic carbocycles. The Morgan fingerprint density at radius 2 is 2.04 bits per heavy atom. The molecule has 0 aliphatic rings. The maximum atomic E-state index is 11.7. The third-order valence-electron chi connectivity index (χ3n) is 3.83. The first-order valence-corrected chi connectivity index (χ1v) is 7.97. The highest BCUT2D eigenvalue weighted by atomic mass is 16.5. The van der Waals surface area contributed by atoms with E-state index in [1.54, 1.807) is 12.1 Å². The van der Waals surface area contributed by atoms with E-state index in [1.807, 2.05) is 6.92 Å². The number of aromatic nitrogens is 1. The zero-order valence-corrected chi connectivity index (χ0v) is 14.7. The summed E-state index contributed by atoms with van der Waals surface area (Å²) in [6.45, 7) is 5.69. The van der Waals surface area contributed by atoms with Gasteiger partial charge in [0.1, 0.15) is 22.8 Å². The predicted molar refractivity (Wildman–Crippen MR) is 99.6 cm³/mol. The van der Waals surface area contributed by atoms with E-state index < -0.39 is 5.97 Å². The van der Waals surface area contributed by atoms with Crippen molar-refractivity contribution in [3.63, 3.8) is 0 Å². The van der Waals surface area contributed by atoms with Gasteiger partial charge in [0.25, 0.3) is 0 Å². The van der Waals surface area contributed by atoms with Crippen LogP contribution < -0.4 is 4.74 Å². The summed E-state index contributed by atoms with van der Waals surface area (Å²) in [5, 5.41) is 29.6. The summed E-state index contributed by atoms with van der Waals surface area (Å²) in [5.74, 6) is -1.11. The number of hydrogen-bond donors (Lipinski definition) is 3. The molecule has 0 aliphatic heterocycles. The highest BCUT2D eigenvalue weighted by Gasteiger charge is 2.21. The molecule has 3 N–H and O–H groups in total. The average molecular weight is 355 g/mol. The summed E-state index contributed by atoms with van der Waals surface area (Å²) < 4.78 is 5.33. The van der Waals surface area contributed by atoms with Gasteiger partial charge in [-0.05, 0) is 43.5 Å². The number of methoxy groups -OCH3 is 1. The summed E-state index contributed by atoms with van der Waals surface area (Å²) in [6.07, 6.45) is 5.52. The number of carbonyl (C=O) groups is 1. The van der Waals surface area contributed by atoms with E-state index in [-0.39, 0.29) is 22.6 Å². The normalized spacial score (nSPS) is 10.8. The molecule has 0 saturated carbocycles. The number of benzene rings is 1. The predicted octanol–water partition coefficient (Wildman–Crippen LogP) is 3.88. The van der Waals surface area contributed by atoms with E-state index in [4.69, 9.17) is 4.74 Å². The number of nitrogens with zero attached hydrogens (tertiary/aromatic N) is 1. The van der Waals surface area contributed by atoms with Gasteiger partial charge in [0.05, 0.1) is 12.8 Å². The van der Waals surface area contributed by atoms with Crippen LogP contribution in [0.15, 0.2) is 36.5 Å². The van der Waals surface area contributed by atoms with Gasteiger partial charge in [0.15, 0.2) is 0 Å². The molecule has 0 unspecified atom stereocenters. The summed E-state index contributed by atoms with van der Waals surface area (Å²) >= 11 is 0. The number of carboxylic acids is 1. The monoisotopic (exact) mass is 355 g/mol. The number of aromatic hydroxyl groups is 2. The fraction of sp³-hybridized carbons (Fsp3) is 0.200. The van der Waals surface area contributed by atoms with Crippen LogP contribution >= 0.6 is 0 Å². The zero-order chi connectivity index (χ0) is 19.3. The molecule has 2 aromatic rings. The molecule has 0 radical (unpaired) electrons. The molecule has 0 bridgehead atoms. The van der Waals surface area contributed by atoms with Gasteiger partial charge in [-0.3, -0.25) is 4.98 Å². The highest BCUT2D eigenvalue weighted by Crippen LogP contribution is 2.36. The van der Waals surface area contributed by atoms with Crippen molar-refractivity contribution in [1.29, 1.82) is 0 Å². The number of aromatic carboxylic acids is 1. The quantitative estimate of drug-likeness (QED) is 0.652. The molecule has 0 amide bonds. The number of ether oxygens (including phenoxy) is 1. The lowest BCUT2D eigenvalue weighted by atomic mass is 9.96. The lowest BCUT2D eigenvalue weighted by molar-refractivity contribution is 0.0693. The van der Waals surface area contributed by atoms with Crippen molar-refractivity contribution < 1.29 is 24.9 Å². The van der Waals surface area contributed by atoms with E-state index in [2.05, 4.69) is 11.6 Å². The van der Waals surface area contributed by atoms with Crippen LogP contribution in [0.1, 0.15) is 40.5 Å². The van der Waals surface area contributed by atoms with Gasteiger partial charge in [-0.1, -0.05) is 11.6 Å². The van der Waals surface area contributed by atoms with Gasteiger partial charge in [0, 0.05) is 17.8 Å². The fourth-order valence-electron chi connectivity index (χ4n) is 2.53. The minimum absolute atomic E-state index is 0.0497. The van der Waals surface area contributed by atoms with E-state index in [1.165, 1.54) is 31.5 Å². The van der Waals surface area contributed by atoms with Crippen LogP contribution in [0.5, 0.6) is 17.2 Å². The lowest BCUT2D eigenvalue weighted by Gasteiger charge is -2.15. The molecule has 2 rings (SSSR count). The second-order valence-corrected chi connectivity index (χ2v) is 5.90. The maximum Gasteiger partial charge on any atom is 0.340 e. The van der Waals surface area contributed by atoms with Crippen molar-refractivity contribution in [2.45, 2.75) is 19.8 Å². The van der Waals surface area contributed by atoms with E-state index in [9.17, 15) is 20.1 Å². The molecule has 1 heterocycles. The van der Waals surface area contributed by atoms with Crippen molar-refractivity contribution in [3.05, 3.63) is 58.9 Å². The van der Waals surface area contributed by atoms with Crippen LogP contribution in [-0.2, 0) is 6.42 Å². The van der Waals surface area contributed by atoms with Crippen LogP contribution in [0.4, 0.5) is 0 Å². The second kappa shape index (κ2) is 8.20. The van der Waals surface area contributed by atoms with Crippen molar-refractivity contribution in [2.24, 2.45) is 0 Å². The Hall–Kier alpha value is -3.28. The SMILES string of the molecule is C=C(C)CCc1c(OC)cc(/C=C/c2cc(O)ccn2)c(C(=O)O)c1O. The number of allylic oxidation sites excluding steroid dienone is 1. The summed E-state index contributed by atoms with van der Waals surface area (Å²) in [6, 6.07) is 4.44. The molecular formula is C20H21NO5. The van der Waals surface area contributed by atoms with Crippen LogP contribution in [0, 0.1) is 0 Å². The van der Waals surface area contributed by atoms with Crippen LogP contribution in [0.25, 0.3) is 12.2 Å². The van der Waals surface area contributed by atoms with E-state index in [0.29, 0.717) is 29.8 Å². The van der Waals surface area contributed by atoms with Crippen LogP contribution in [0.3, 0.4) is 0 Å². The van der Waals surface area contributed by atoms with Gasteiger partial charge >= 0.3 is 5.97 Å². The van der Waals surface area contributed by atoms with Crippen LogP contribution in [-0.4, -0.2) is 33.4 Å². The molecule has 0 aliphatic carbocycles. The Morgan fingerprint density at radius 3 is 2.62 bits per heavy atom. The molecule has 26 heavy (non-hydrogen) atoms. The fourth-order valence-corrected chi connectivity index (χ4v) is 2.53. The topological polar surface area (TPSA) is 99.9 Å². The first-order valence-electron chi connectivity index (χ1n) is 7.97. The second-order valence-electron chi connectivity index (χ2n) is 5.90. The Kier molecular flexibility index (Phi) is 6.01. The Balaban J connectivity index is 2.53. The van der Waals surface area contributed by atoms with Crippen LogP contribution in [0.2, 0.25) is 0 Å². The third kappa shape index (κ3) is 4.42. The van der Waals surface area contributed by atoms with Gasteiger partial charge in [-0.25, -0.2) is 4.79 Å². The van der Waals surface area contributed by atoms with Crippen molar-refractivity contribution in [3.8, 4) is 17.2 Å². The smallest absolute Gasteiger partial charge is 0.340 e. The van der Waals surface area contributed by atoms with Crippen molar-refractivity contribution in [2.75, 3.05) is 7.11 Å². The first kappa shape index (κ1) is 19.1. The number of carboxylic acid groups (broad SMARTS) is 1. The van der Waals surface area contributed by atoms with Gasteiger partial charge < -0.3 is 20.1 Å². The molecule has 0 saturated heterocycles. The minimum atomic E-state index is -1.25. The van der Waals surface area contributed by atoms with Gasteiger partial charge in [-0.15, -0.1) is 6.58 Å². The molecule has 6 nitrogen and oxygen atoms in total. The van der Waals surface area contributed by atoms with Crippen molar-refractivity contribution >= 4 is 18.1 Å². The Labute approximate surface area is 151 Å². The molecular weight excluding hydrogens is 334 g/mol. The maximum absolute atomic E-state index is 11.7. The Morgan fingerprint density at radius 1 is 1.31 bits per heavy atom. The molecule has 136 valence electrons. The zero-order valence-electron chi connectivity index (χ0n) is 14.7.